The minimum Gasteiger partial charge on any atom is -0.382 e. The normalized spacial score (nSPS) is 17.1. The van der Waals surface area contributed by atoms with Gasteiger partial charge in [-0.1, -0.05) is 6.07 Å². The molecule has 1 aliphatic rings. The molecule has 1 N–H and O–H groups in total. The van der Waals surface area contributed by atoms with Crippen LogP contribution in [-0.4, -0.2) is 43.9 Å². The van der Waals surface area contributed by atoms with Crippen molar-refractivity contribution < 1.29 is 26.4 Å². The summed E-state index contributed by atoms with van der Waals surface area (Å²) in [6.07, 6.45) is 1.30. The molecule has 0 unspecified atom stereocenters. The van der Waals surface area contributed by atoms with Crippen LogP contribution in [0.5, 0.6) is 0 Å². The summed E-state index contributed by atoms with van der Waals surface area (Å²) in [4.78, 5) is 12.2. The predicted molar refractivity (Wildman–Crippen MR) is 78.6 cm³/mol. The van der Waals surface area contributed by atoms with Crippen LogP contribution in [0.2, 0.25) is 0 Å². The molecule has 1 aliphatic heterocycles. The molecular formula is C14H17F3N2O3S. The molecule has 0 bridgehead atoms. The minimum absolute atomic E-state index is 0.0123. The Morgan fingerprint density at radius 3 is 2.39 bits per heavy atom. The van der Waals surface area contributed by atoms with E-state index in [9.17, 15) is 26.4 Å². The van der Waals surface area contributed by atoms with E-state index in [1.165, 1.54) is 19.1 Å². The molecule has 23 heavy (non-hydrogen) atoms. The van der Waals surface area contributed by atoms with E-state index in [1.807, 2.05) is 0 Å². The molecule has 0 atom stereocenters. The molecule has 1 heterocycles. The second kappa shape index (κ2) is 6.38. The standard InChI is InChI=1S/C14H17F3N2O3S/c1-10(20)19-7-5-11(6-8-19)18-12-3-2-4-13(9-12)23(21,22)14(15,16)17/h2-4,9,11,18H,5-8H2,1H3. The van der Waals surface area contributed by atoms with Gasteiger partial charge in [-0.25, -0.2) is 8.42 Å². The van der Waals surface area contributed by atoms with Crippen LogP contribution in [0.1, 0.15) is 19.8 Å². The zero-order chi connectivity index (χ0) is 17.3. The van der Waals surface area contributed by atoms with Gasteiger partial charge in [0.1, 0.15) is 0 Å². The number of carbonyl (C=O) groups excluding carboxylic acids is 1. The van der Waals surface area contributed by atoms with Crippen LogP contribution in [0.3, 0.4) is 0 Å². The van der Waals surface area contributed by atoms with Gasteiger partial charge in [0.25, 0.3) is 9.84 Å². The van der Waals surface area contributed by atoms with Crippen molar-refractivity contribution in [2.24, 2.45) is 0 Å². The highest BCUT2D eigenvalue weighted by atomic mass is 32.2. The number of hydrogen-bond donors (Lipinski definition) is 1. The molecule has 0 aromatic heterocycles. The second-order valence-electron chi connectivity index (χ2n) is 5.40. The van der Waals surface area contributed by atoms with Gasteiger partial charge >= 0.3 is 5.51 Å². The number of benzene rings is 1. The van der Waals surface area contributed by atoms with Crippen molar-refractivity contribution in [3.05, 3.63) is 24.3 Å². The van der Waals surface area contributed by atoms with E-state index in [2.05, 4.69) is 5.32 Å². The third-order valence-electron chi connectivity index (χ3n) is 3.76. The lowest BCUT2D eigenvalue weighted by Crippen LogP contribution is -2.41. The van der Waals surface area contributed by atoms with Gasteiger partial charge in [0.2, 0.25) is 5.91 Å². The van der Waals surface area contributed by atoms with E-state index in [0.29, 0.717) is 31.6 Å². The largest absolute Gasteiger partial charge is 0.501 e. The number of likely N-dealkylation sites (tertiary alicyclic amines) is 1. The van der Waals surface area contributed by atoms with E-state index in [0.717, 1.165) is 12.1 Å². The van der Waals surface area contributed by atoms with Crippen molar-refractivity contribution in [1.82, 2.24) is 4.90 Å². The van der Waals surface area contributed by atoms with Gasteiger partial charge in [0, 0.05) is 31.7 Å². The van der Waals surface area contributed by atoms with Gasteiger partial charge in [-0.15, -0.1) is 0 Å². The van der Waals surface area contributed by atoms with Crippen LogP contribution in [0.15, 0.2) is 29.2 Å². The molecule has 0 spiro atoms. The van der Waals surface area contributed by atoms with Crippen LogP contribution >= 0.6 is 0 Å². The topological polar surface area (TPSA) is 66.5 Å². The lowest BCUT2D eigenvalue weighted by Gasteiger charge is -2.32. The molecular weight excluding hydrogens is 333 g/mol. The van der Waals surface area contributed by atoms with Crippen LogP contribution in [0, 0.1) is 0 Å². The van der Waals surface area contributed by atoms with E-state index in [1.54, 1.807) is 4.90 Å². The van der Waals surface area contributed by atoms with Crippen LogP contribution in [0.25, 0.3) is 0 Å². The fourth-order valence-corrected chi connectivity index (χ4v) is 3.27. The average molecular weight is 350 g/mol. The lowest BCUT2D eigenvalue weighted by molar-refractivity contribution is -0.129. The Bertz CT molecular complexity index is 681. The molecule has 9 heteroatoms. The number of carbonyl (C=O) groups is 1. The van der Waals surface area contributed by atoms with Crippen molar-refractivity contribution in [3.8, 4) is 0 Å². The summed E-state index contributed by atoms with van der Waals surface area (Å²) in [5.74, 6) is -0.0123. The van der Waals surface area contributed by atoms with Gasteiger partial charge in [-0.05, 0) is 31.0 Å². The maximum atomic E-state index is 12.6. The number of anilines is 1. The van der Waals surface area contributed by atoms with Crippen molar-refractivity contribution in [3.63, 3.8) is 0 Å². The molecule has 0 saturated carbocycles. The summed E-state index contributed by atoms with van der Waals surface area (Å²) in [6.45, 7) is 2.61. The highest BCUT2D eigenvalue weighted by Crippen LogP contribution is 2.31. The van der Waals surface area contributed by atoms with Gasteiger partial charge in [-0.2, -0.15) is 13.2 Å². The summed E-state index contributed by atoms with van der Waals surface area (Å²) in [5, 5.41) is 3.03. The highest BCUT2D eigenvalue weighted by molar-refractivity contribution is 7.92. The minimum atomic E-state index is -5.35. The Balaban J connectivity index is 2.09. The van der Waals surface area contributed by atoms with Crippen LogP contribution in [-0.2, 0) is 14.6 Å². The molecule has 5 nitrogen and oxygen atoms in total. The first-order chi connectivity index (χ1) is 10.6. The van der Waals surface area contributed by atoms with Crippen molar-refractivity contribution >= 4 is 21.4 Å². The summed E-state index contributed by atoms with van der Waals surface area (Å²) >= 11 is 0. The Morgan fingerprint density at radius 2 is 1.87 bits per heavy atom. The number of nitrogens with zero attached hydrogens (tertiary/aromatic N) is 1. The van der Waals surface area contributed by atoms with Crippen molar-refractivity contribution in [2.75, 3.05) is 18.4 Å². The molecule has 0 radical (unpaired) electrons. The van der Waals surface area contributed by atoms with E-state index in [4.69, 9.17) is 0 Å². The number of nitrogens with one attached hydrogen (secondary N) is 1. The Morgan fingerprint density at radius 1 is 1.26 bits per heavy atom. The summed E-state index contributed by atoms with van der Waals surface area (Å²) < 4.78 is 60.6. The lowest BCUT2D eigenvalue weighted by atomic mass is 10.0. The fraction of sp³-hybridized carbons (Fsp3) is 0.500. The molecule has 1 aromatic carbocycles. The fourth-order valence-electron chi connectivity index (χ4n) is 2.46. The van der Waals surface area contributed by atoms with Gasteiger partial charge in [0.05, 0.1) is 4.90 Å². The number of rotatable bonds is 3. The zero-order valence-corrected chi connectivity index (χ0v) is 13.2. The Labute approximate surface area is 132 Å². The molecule has 2 rings (SSSR count). The second-order valence-corrected chi connectivity index (χ2v) is 7.34. The van der Waals surface area contributed by atoms with E-state index >= 15 is 0 Å². The van der Waals surface area contributed by atoms with Gasteiger partial charge < -0.3 is 10.2 Å². The number of amides is 1. The van der Waals surface area contributed by atoms with Crippen LogP contribution in [0.4, 0.5) is 18.9 Å². The number of hydrogen-bond acceptors (Lipinski definition) is 4. The first-order valence-corrected chi connectivity index (χ1v) is 8.53. The first-order valence-electron chi connectivity index (χ1n) is 7.05. The van der Waals surface area contributed by atoms with E-state index in [-0.39, 0.29) is 11.9 Å². The number of alkyl halides is 3. The molecule has 1 aromatic rings. The first kappa shape index (κ1) is 17.6. The predicted octanol–water partition coefficient (Wildman–Crippen LogP) is 2.40. The smallest absolute Gasteiger partial charge is 0.382 e. The van der Waals surface area contributed by atoms with Crippen molar-refractivity contribution in [1.29, 1.82) is 0 Å². The third-order valence-corrected chi connectivity index (χ3v) is 5.24. The molecule has 1 fully saturated rings. The van der Waals surface area contributed by atoms with Crippen LogP contribution < -0.4 is 5.32 Å². The molecule has 0 aliphatic carbocycles. The maximum Gasteiger partial charge on any atom is 0.501 e. The summed E-state index contributed by atoms with van der Waals surface area (Å²) in [5.41, 5.74) is -5.00. The molecule has 1 saturated heterocycles. The summed E-state index contributed by atoms with van der Waals surface area (Å²) in [7, 11) is -5.35. The molecule has 1 amide bonds. The molecule has 128 valence electrons. The van der Waals surface area contributed by atoms with Crippen molar-refractivity contribution in [2.45, 2.75) is 36.2 Å². The number of sulfone groups is 1. The average Bonchev–Trinajstić information content (AvgIpc) is 2.47. The SMILES string of the molecule is CC(=O)N1CCC(Nc2cccc(S(=O)(=O)C(F)(F)F)c2)CC1. The third kappa shape index (κ3) is 3.95. The quantitative estimate of drug-likeness (QED) is 0.909. The highest BCUT2D eigenvalue weighted by Gasteiger charge is 2.46. The summed E-state index contributed by atoms with van der Waals surface area (Å²) in [6, 6.07) is 4.68. The van der Waals surface area contributed by atoms with Gasteiger partial charge in [0.15, 0.2) is 0 Å². The zero-order valence-electron chi connectivity index (χ0n) is 12.4. The monoisotopic (exact) mass is 350 g/mol. The van der Waals surface area contributed by atoms with E-state index < -0.39 is 20.2 Å². The number of halogens is 3. The Hall–Kier alpha value is -1.77. The van der Waals surface area contributed by atoms with Gasteiger partial charge in [-0.3, -0.25) is 4.79 Å². The Kier molecular flexibility index (Phi) is 4.88. The maximum absolute atomic E-state index is 12.6. The number of piperidine rings is 1.